The Morgan fingerprint density at radius 2 is 1.86 bits per heavy atom. The molecule has 0 unspecified atom stereocenters. The lowest BCUT2D eigenvalue weighted by Crippen LogP contribution is -2.42. The van der Waals surface area contributed by atoms with E-state index in [2.05, 4.69) is 4.98 Å². The number of nitrogens with zero attached hydrogens (tertiary/aromatic N) is 3. The van der Waals surface area contributed by atoms with Crippen LogP contribution in [0, 0.1) is 0 Å². The predicted molar refractivity (Wildman–Crippen MR) is 102 cm³/mol. The van der Waals surface area contributed by atoms with Crippen LogP contribution in [-0.2, 0) is 10.9 Å². The normalized spacial score (nSPS) is 16.7. The van der Waals surface area contributed by atoms with Crippen molar-refractivity contribution in [3.8, 4) is 5.00 Å². The molecule has 1 atom stereocenters. The Morgan fingerprint density at radius 1 is 1.14 bits per heavy atom. The zero-order valence-electron chi connectivity index (χ0n) is 15.3. The van der Waals surface area contributed by atoms with Gasteiger partial charge in [0.2, 0.25) is 5.78 Å². The van der Waals surface area contributed by atoms with Gasteiger partial charge in [0, 0.05) is 25.5 Å². The van der Waals surface area contributed by atoms with Crippen molar-refractivity contribution in [1.82, 2.24) is 14.5 Å². The number of carbonyl (C=O) groups is 1. The largest absolute Gasteiger partial charge is 0.416 e. The molecule has 0 saturated carbocycles. The van der Waals surface area contributed by atoms with Gasteiger partial charge < -0.3 is 4.74 Å². The smallest absolute Gasteiger partial charge is 0.379 e. The van der Waals surface area contributed by atoms with E-state index in [4.69, 9.17) is 4.74 Å². The van der Waals surface area contributed by atoms with Crippen LogP contribution in [0.4, 0.5) is 13.2 Å². The molecule has 3 aromatic rings. The molecule has 0 radical (unpaired) electrons. The standard InChI is InChI=1S/C20H18F3N3O2S/c21-20(22,23)15-5-3-14(4-6-15)17(25-9-11-28-12-10-25)18(27)19-24-7-8-26(19)16-2-1-13-29-16/h1-8,13,17H,9-12H2/t17-/m0/s1. The maximum Gasteiger partial charge on any atom is 0.416 e. The van der Waals surface area contributed by atoms with Crippen LogP contribution in [0.3, 0.4) is 0 Å². The summed E-state index contributed by atoms with van der Waals surface area (Å²) in [5, 5.41) is 2.75. The molecule has 1 aliphatic rings. The van der Waals surface area contributed by atoms with Crippen molar-refractivity contribution < 1.29 is 22.7 Å². The second kappa shape index (κ2) is 8.10. The summed E-state index contributed by atoms with van der Waals surface area (Å²) in [5.41, 5.74) is -0.236. The number of halogens is 3. The second-order valence-electron chi connectivity index (χ2n) is 6.61. The summed E-state index contributed by atoms with van der Waals surface area (Å²) in [6, 6.07) is 7.80. The Balaban J connectivity index is 1.72. The first-order chi connectivity index (χ1) is 13.9. The van der Waals surface area contributed by atoms with E-state index in [1.165, 1.54) is 23.5 Å². The number of imidazole rings is 1. The first-order valence-electron chi connectivity index (χ1n) is 9.05. The van der Waals surface area contributed by atoms with Crippen LogP contribution in [-0.4, -0.2) is 46.5 Å². The fourth-order valence-corrected chi connectivity index (χ4v) is 4.13. The molecule has 0 aliphatic carbocycles. The van der Waals surface area contributed by atoms with Gasteiger partial charge in [-0.15, -0.1) is 11.3 Å². The topological polar surface area (TPSA) is 47.4 Å². The van der Waals surface area contributed by atoms with E-state index in [1.54, 1.807) is 17.0 Å². The Hall–Kier alpha value is -2.49. The zero-order chi connectivity index (χ0) is 20.4. The van der Waals surface area contributed by atoms with Crippen molar-refractivity contribution in [2.24, 2.45) is 0 Å². The minimum Gasteiger partial charge on any atom is -0.379 e. The molecule has 0 N–H and O–H groups in total. The zero-order valence-corrected chi connectivity index (χ0v) is 16.1. The molecule has 5 nitrogen and oxygen atoms in total. The number of hydrogen-bond acceptors (Lipinski definition) is 5. The summed E-state index contributed by atoms with van der Waals surface area (Å²) in [7, 11) is 0. The summed E-state index contributed by atoms with van der Waals surface area (Å²) in [6.07, 6.45) is -1.16. The van der Waals surface area contributed by atoms with Crippen LogP contribution in [0.5, 0.6) is 0 Å². The van der Waals surface area contributed by atoms with E-state index in [1.807, 2.05) is 22.4 Å². The van der Waals surface area contributed by atoms with Crippen molar-refractivity contribution in [2.45, 2.75) is 12.2 Å². The Labute approximate surface area is 169 Å². The van der Waals surface area contributed by atoms with E-state index < -0.39 is 17.8 Å². The van der Waals surface area contributed by atoms with Crippen molar-refractivity contribution in [3.63, 3.8) is 0 Å². The van der Waals surface area contributed by atoms with Crippen molar-refractivity contribution in [2.75, 3.05) is 26.3 Å². The minimum atomic E-state index is -4.42. The minimum absolute atomic E-state index is 0.254. The lowest BCUT2D eigenvalue weighted by atomic mass is 9.98. The highest BCUT2D eigenvalue weighted by atomic mass is 32.1. The molecule has 152 valence electrons. The molecule has 9 heteroatoms. The third-order valence-electron chi connectivity index (χ3n) is 4.82. The van der Waals surface area contributed by atoms with Gasteiger partial charge in [-0.3, -0.25) is 14.3 Å². The molecule has 2 aromatic heterocycles. The van der Waals surface area contributed by atoms with Gasteiger partial charge in [-0.2, -0.15) is 13.2 Å². The van der Waals surface area contributed by atoms with E-state index in [9.17, 15) is 18.0 Å². The van der Waals surface area contributed by atoms with Gasteiger partial charge in [-0.25, -0.2) is 4.98 Å². The molecule has 4 rings (SSSR count). The number of aromatic nitrogens is 2. The maximum atomic E-state index is 13.5. The van der Waals surface area contributed by atoms with Crippen LogP contribution in [0.1, 0.15) is 27.8 Å². The molecule has 1 aromatic carbocycles. The molecule has 1 fully saturated rings. The van der Waals surface area contributed by atoms with Gasteiger partial charge in [-0.1, -0.05) is 12.1 Å². The monoisotopic (exact) mass is 421 g/mol. The van der Waals surface area contributed by atoms with Gasteiger partial charge in [0.1, 0.15) is 11.0 Å². The van der Waals surface area contributed by atoms with Gasteiger partial charge in [0.25, 0.3) is 0 Å². The van der Waals surface area contributed by atoms with Gasteiger partial charge in [0.15, 0.2) is 5.82 Å². The quantitative estimate of drug-likeness (QED) is 0.579. The number of ether oxygens (including phenoxy) is 1. The van der Waals surface area contributed by atoms with Crippen molar-refractivity contribution >= 4 is 17.1 Å². The second-order valence-corrected chi connectivity index (χ2v) is 7.53. The van der Waals surface area contributed by atoms with E-state index in [-0.39, 0.29) is 11.6 Å². The molecule has 1 saturated heterocycles. The fraction of sp³-hybridized carbons (Fsp3) is 0.300. The molecule has 1 aliphatic heterocycles. The highest BCUT2D eigenvalue weighted by Crippen LogP contribution is 2.32. The van der Waals surface area contributed by atoms with Gasteiger partial charge >= 0.3 is 6.18 Å². The molecule has 3 heterocycles. The average molecular weight is 421 g/mol. The summed E-state index contributed by atoms with van der Waals surface area (Å²) in [6.45, 7) is 1.95. The van der Waals surface area contributed by atoms with Crippen LogP contribution in [0.25, 0.3) is 5.00 Å². The number of ketones is 1. The van der Waals surface area contributed by atoms with Gasteiger partial charge in [-0.05, 0) is 35.2 Å². The SMILES string of the molecule is O=C(c1nccn1-c1cccs1)[C@H](c1ccc(C(F)(F)F)cc1)N1CCOCC1. The molecule has 29 heavy (non-hydrogen) atoms. The van der Waals surface area contributed by atoms with Gasteiger partial charge in [0.05, 0.1) is 18.8 Å². The number of rotatable bonds is 5. The maximum absolute atomic E-state index is 13.5. The lowest BCUT2D eigenvalue weighted by Gasteiger charge is -2.33. The molecule has 0 amide bonds. The summed E-state index contributed by atoms with van der Waals surface area (Å²) in [4.78, 5) is 19.7. The molecular formula is C20H18F3N3O2S. The third kappa shape index (κ3) is 4.12. The highest BCUT2D eigenvalue weighted by molar-refractivity contribution is 7.12. The first-order valence-corrected chi connectivity index (χ1v) is 9.93. The number of thiophene rings is 1. The van der Waals surface area contributed by atoms with E-state index in [0.717, 1.165) is 17.1 Å². The van der Waals surface area contributed by atoms with Crippen molar-refractivity contribution in [1.29, 1.82) is 0 Å². The number of alkyl halides is 3. The molecular weight excluding hydrogens is 403 g/mol. The fourth-order valence-electron chi connectivity index (χ4n) is 3.41. The molecule has 0 bridgehead atoms. The van der Waals surface area contributed by atoms with Crippen LogP contribution >= 0.6 is 11.3 Å². The predicted octanol–water partition coefficient (Wildman–Crippen LogP) is 4.21. The number of carbonyl (C=O) groups excluding carboxylic acids is 1. The summed E-state index contributed by atoms with van der Waals surface area (Å²) in [5.74, 6) is -0.00565. The van der Waals surface area contributed by atoms with Crippen LogP contribution < -0.4 is 0 Å². The Kier molecular flexibility index (Phi) is 5.53. The summed E-state index contributed by atoms with van der Waals surface area (Å²) >= 11 is 1.47. The number of benzene rings is 1. The average Bonchev–Trinajstić information content (AvgIpc) is 3.40. The van der Waals surface area contributed by atoms with E-state index >= 15 is 0 Å². The van der Waals surface area contributed by atoms with Crippen LogP contribution in [0.2, 0.25) is 0 Å². The molecule has 0 spiro atoms. The Bertz CT molecular complexity index is 962. The number of Topliss-reactive ketones (excluding diaryl/α,β-unsaturated/α-hetero) is 1. The Morgan fingerprint density at radius 3 is 2.48 bits per heavy atom. The van der Waals surface area contributed by atoms with Crippen LogP contribution in [0.15, 0.2) is 54.2 Å². The number of hydrogen-bond donors (Lipinski definition) is 0. The van der Waals surface area contributed by atoms with Crippen molar-refractivity contribution in [3.05, 3.63) is 71.1 Å². The third-order valence-corrected chi connectivity index (χ3v) is 5.69. The summed E-state index contributed by atoms with van der Waals surface area (Å²) < 4.78 is 46.0. The lowest BCUT2D eigenvalue weighted by molar-refractivity contribution is -0.137. The highest BCUT2D eigenvalue weighted by Gasteiger charge is 2.34. The first kappa shape index (κ1) is 19.8. The number of morpholine rings is 1. The van der Waals surface area contributed by atoms with E-state index in [0.29, 0.717) is 31.9 Å².